The summed E-state index contributed by atoms with van der Waals surface area (Å²) in [5.41, 5.74) is 0.112. The summed E-state index contributed by atoms with van der Waals surface area (Å²) in [6.45, 7) is 0.428. The van der Waals surface area contributed by atoms with Gasteiger partial charge in [-0.05, 0) is 31.0 Å². The minimum absolute atomic E-state index is 0.0934. The number of nitrogens with one attached hydrogen (secondary N) is 1. The zero-order valence-corrected chi connectivity index (χ0v) is 14.7. The average molecular weight is 381 g/mol. The number of hydrogen-bond acceptors (Lipinski definition) is 5. The van der Waals surface area contributed by atoms with E-state index in [1.807, 2.05) is 0 Å². The fourth-order valence-electron chi connectivity index (χ4n) is 3.19. The van der Waals surface area contributed by atoms with Gasteiger partial charge >= 0.3 is 5.97 Å². The van der Waals surface area contributed by atoms with Gasteiger partial charge in [-0.2, -0.15) is 4.31 Å². The van der Waals surface area contributed by atoms with Gasteiger partial charge in [0.1, 0.15) is 6.04 Å². The molecule has 9 nitrogen and oxygen atoms in total. The lowest BCUT2D eigenvalue weighted by atomic mass is 10.1. The number of piperazine rings is 1. The van der Waals surface area contributed by atoms with Gasteiger partial charge in [-0.1, -0.05) is 6.07 Å². The van der Waals surface area contributed by atoms with Crippen LogP contribution in [0.25, 0.3) is 0 Å². The lowest BCUT2D eigenvalue weighted by molar-refractivity contribution is -0.141. The molecule has 10 heteroatoms. The molecule has 1 aromatic rings. The maximum Gasteiger partial charge on any atom is 0.326 e. The third kappa shape index (κ3) is 3.42. The van der Waals surface area contributed by atoms with Crippen molar-refractivity contribution in [2.75, 3.05) is 26.2 Å². The first-order valence-corrected chi connectivity index (χ1v) is 9.65. The first-order chi connectivity index (χ1) is 12.3. The van der Waals surface area contributed by atoms with Gasteiger partial charge in [-0.3, -0.25) is 9.59 Å². The molecule has 3 rings (SSSR count). The van der Waals surface area contributed by atoms with Crippen molar-refractivity contribution in [3.8, 4) is 0 Å². The van der Waals surface area contributed by atoms with E-state index in [1.165, 1.54) is 29.2 Å². The summed E-state index contributed by atoms with van der Waals surface area (Å²) in [5.74, 6) is -1.96. The van der Waals surface area contributed by atoms with Crippen molar-refractivity contribution in [3.63, 3.8) is 0 Å². The third-order valence-electron chi connectivity index (χ3n) is 4.52. The molecule has 1 atom stereocenters. The van der Waals surface area contributed by atoms with Gasteiger partial charge in [0.05, 0.1) is 11.4 Å². The van der Waals surface area contributed by atoms with Crippen LogP contribution in [0.15, 0.2) is 29.2 Å². The second-order valence-electron chi connectivity index (χ2n) is 6.21. The van der Waals surface area contributed by atoms with Crippen LogP contribution in [-0.2, 0) is 19.6 Å². The van der Waals surface area contributed by atoms with Gasteiger partial charge in [0.2, 0.25) is 15.9 Å². The number of rotatable bonds is 4. The monoisotopic (exact) mass is 381 g/mol. The zero-order valence-electron chi connectivity index (χ0n) is 13.9. The van der Waals surface area contributed by atoms with E-state index in [-0.39, 0.29) is 36.0 Å². The summed E-state index contributed by atoms with van der Waals surface area (Å²) in [4.78, 5) is 36.6. The molecule has 2 aliphatic rings. The lowest BCUT2D eigenvalue weighted by Crippen LogP contribution is -2.49. The summed E-state index contributed by atoms with van der Waals surface area (Å²) in [7, 11) is -3.92. The molecule has 0 unspecified atom stereocenters. The predicted molar refractivity (Wildman–Crippen MR) is 89.9 cm³/mol. The van der Waals surface area contributed by atoms with E-state index >= 15 is 0 Å². The highest BCUT2D eigenvalue weighted by Crippen LogP contribution is 2.23. The molecule has 0 aromatic heterocycles. The normalized spacial score (nSPS) is 21.5. The zero-order chi connectivity index (χ0) is 18.9. The van der Waals surface area contributed by atoms with Crippen LogP contribution >= 0.6 is 0 Å². The second kappa shape index (κ2) is 7.04. The van der Waals surface area contributed by atoms with E-state index in [0.29, 0.717) is 19.4 Å². The van der Waals surface area contributed by atoms with Crippen molar-refractivity contribution in [1.82, 2.24) is 14.5 Å². The Hall–Kier alpha value is -2.46. The molecular weight excluding hydrogens is 362 g/mol. The predicted octanol–water partition coefficient (Wildman–Crippen LogP) is -0.504. The van der Waals surface area contributed by atoms with Crippen molar-refractivity contribution in [3.05, 3.63) is 29.8 Å². The Morgan fingerprint density at radius 2 is 2.00 bits per heavy atom. The van der Waals surface area contributed by atoms with E-state index < -0.39 is 27.9 Å². The van der Waals surface area contributed by atoms with Gasteiger partial charge in [0.25, 0.3) is 5.91 Å². The highest BCUT2D eigenvalue weighted by atomic mass is 32.2. The standard InChI is InChI=1S/C16H19N3O6S/c20-14-10-18(8-6-17-14)26(24,25)12-4-1-3-11(9-12)15(21)19-7-2-5-13(19)16(22)23/h1,3-4,9,13H,2,5-8,10H2,(H,17,20)(H,22,23)/t13-/m1/s1. The van der Waals surface area contributed by atoms with E-state index in [1.54, 1.807) is 0 Å². The molecule has 0 aliphatic carbocycles. The Morgan fingerprint density at radius 3 is 2.69 bits per heavy atom. The molecule has 0 saturated carbocycles. The molecule has 0 spiro atoms. The summed E-state index contributed by atoms with van der Waals surface area (Å²) in [6, 6.07) is 4.60. The highest BCUT2D eigenvalue weighted by molar-refractivity contribution is 7.89. The van der Waals surface area contributed by atoms with Crippen LogP contribution in [0.1, 0.15) is 23.2 Å². The minimum Gasteiger partial charge on any atom is -0.480 e. The first kappa shape index (κ1) is 18.3. The Balaban J connectivity index is 1.87. The average Bonchev–Trinajstić information content (AvgIpc) is 3.11. The Kier molecular flexibility index (Phi) is 4.97. The minimum atomic E-state index is -3.92. The SMILES string of the molecule is O=C1CN(S(=O)(=O)c2cccc(C(=O)N3CCC[C@@H]3C(=O)O)c2)CCN1. The van der Waals surface area contributed by atoms with Crippen LogP contribution < -0.4 is 5.32 Å². The van der Waals surface area contributed by atoms with Crippen molar-refractivity contribution >= 4 is 27.8 Å². The van der Waals surface area contributed by atoms with Gasteiger partial charge < -0.3 is 15.3 Å². The topological polar surface area (TPSA) is 124 Å². The fourth-order valence-corrected chi connectivity index (χ4v) is 4.63. The third-order valence-corrected chi connectivity index (χ3v) is 6.36. The van der Waals surface area contributed by atoms with Gasteiger partial charge in [-0.25, -0.2) is 13.2 Å². The first-order valence-electron chi connectivity index (χ1n) is 8.21. The molecule has 2 fully saturated rings. The van der Waals surface area contributed by atoms with Crippen molar-refractivity contribution in [1.29, 1.82) is 0 Å². The maximum atomic E-state index is 12.7. The van der Waals surface area contributed by atoms with Gasteiger partial charge in [-0.15, -0.1) is 0 Å². The molecule has 1 aromatic carbocycles. The van der Waals surface area contributed by atoms with Crippen molar-refractivity contribution < 1.29 is 27.9 Å². The number of likely N-dealkylation sites (tertiary alicyclic amines) is 1. The summed E-state index contributed by atoms with van der Waals surface area (Å²) >= 11 is 0. The molecule has 2 N–H and O–H groups in total. The van der Waals surface area contributed by atoms with E-state index in [0.717, 1.165) is 4.31 Å². The van der Waals surface area contributed by atoms with Crippen molar-refractivity contribution in [2.45, 2.75) is 23.8 Å². The van der Waals surface area contributed by atoms with Crippen LogP contribution in [0, 0.1) is 0 Å². The molecule has 0 bridgehead atoms. The number of carboxylic acid groups (broad SMARTS) is 1. The number of carboxylic acids is 1. The Bertz CT molecular complexity index is 853. The Labute approximate surface area is 150 Å². The number of benzene rings is 1. The number of hydrogen-bond donors (Lipinski definition) is 2. The summed E-state index contributed by atoms with van der Waals surface area (Å²) < 4.78 is 26.5. The molecule has 2 amide bonds. The maximum absolute atomic E-state index is 12.7. The molecule has 2 aliphatic heterocycles. The Morgan fingerprint density at radius 1 is 1.23 bits per heavy atom. The number of sulfonamides is 1. The quantitative estimate of drug-likeness (QED) is 0.724. The number of aliphatic carboxylic acids is 1. The molecule has 26 heavy (non-hydrogen) atoms. The van der Waals surface area contributed by atoms with E-state index in [9.17, 15) is 27.9 Å². The molecule has 2 saturated heterocycles. The van der Waals surface area contributed by atoms with E-state index in [2.05, 4.69) is 5.32 Å². The van der Waals surface area contributed by atoms with Gasteiger partial charge in [0, 0.05) is 25.2 Å². The molecular formula is C16H19N3O6S. The summed E-state index contributed by atoms with van der Waals surface area (Å²) in [5, 5.41) is 11.8. The molecule has 2 heterocycles. The largest absolute Gasteiger partial charge is 0.480 e. The van der Waals surface area contributed by atoms with Crippen LogP contribution in [0.5, 0.6) is 0 Å². The lowest BCUT2D eigenvalue weighted by Gasteiger charge is -2.26. The van der Waals surface area contributed by atoms with Crippen LogP contribution in [0.4, 0.5) is 0 Å². The number of carbonyl (C=O) groups excluding carboxylic acids is 2. The fraction of sp³-hybridized carbons (Fsp3) is 0.438. The summed E-state index contributed by atoms with van der Waals surface area (Å²) in [6.07, 6.45) is 0.964. The molecule has 0 radical (unpaired) electrons. The number of amides is 2. The molecule has 140 valence electrons. The smallest absolute Gasteiger partial charge is 0.326 e. The van der Waals surface area contributed by atoms with Crippen LogP contribution in [-0.4, -0.2) is 72.7 Å². The second-order valence-corrected chi connectivity index (χ2v) is 8.15. The van der Waals surface area contributed by atoms with Crippen LogP contribution in [0.3, 0.4) is 0 Å². The van der Waals surface area contributed by atoms with Crippen molar-refractivity contribution in [2.24, 2.45) is 0 Å². The number of nitrogens with zero attached hydrogens (tertiary/aromatic N) is 2. The number of carbonyl (C=O) groups is 3. The van der Waals surface area contributed by atoms with E-state index in [4.69, 9.17) is 0 Å². The van der Waals surface area contributed by atoms with Gasteiger partial charge in [0.15, 0.2) is 0 Å². The highest BCUT2D eigenvalue weighted by Gasteiger charge is 2.35. The van der Waals surface area contributed by atoms with Crippen LogP contribution in [0.2, 0.25) is 0 Å².